The number of amides is 1. The number of halogens is 2. The summed E-state index contributed by atoms with van der Waals surface area (Å²) in [5, 5.41) is 11.6. The number of aliphatic hydroxyl groups excluding tert-OH is 1. The number of hydrogen-bond donors (Lipinski definition) is 1. The van der Waals surface area contributed by atoms with Gasteiger partial charge in [0.1, 0.15) is 17.3 Å². The van der Waals surface area contributed by atoms with Crippen LogP contribution in [0.25, 0.3) is 5.76 Å². The van der Waals surface area contributed by atoms with Crippen LogP contribution in [0, 0.1) is 0 Å². The van der Waals surface area contributed by atoms with Gasteiger partial charge in [-0.05, 0) is 67.9 Å². The fourth-order valence-corrected chi connectivity index (χ4v) is 4.85. The van der Waals surface area contributed by atoms with Crippen LogP contribution in [0.3, 0.4) is 0 Å². The van der Waals surface area contributed by atoms with E-state index in [2.05, 4.69) is 0 Å². The second-order valence-corrected chi connectivity index (χ2v) is 9.39. The number of methoxy groups -OCH3 is 2. The van der Waals surface area contributed by atoms with Crippen LogP contribution in [0.4, 0.5) is 5.69 Å². The Hall–Kier alpha value is -3.68. The number of carbonyl (C=O) groups is 2. The smallest absolute Gasteiger partial charge is 0.300 e. The highest BCUT2D eigenvalue weighted by atomic mass is 35.5. The van der Waals surface area contributed by atoms with Crippen LogP contribution in [-0.2, 0) is 9.59 Å². The van der Waals surface area contributed by atoms with Gasteiger partial charge in [0.15, 0.2) is 5.75 Å². The molecular weight excluding hydrogens is 517 g/mol. The summed E-state index contributed by atoms with van der Waals surface area (Å²) in [6.07, 6.45) is -0.0254. The first-order valence-electron chi connectivity index (χ1n) is 11.4. The van der Waals surface area contributed by atoms with Crippen molar-refractivity contribution in [2.24, 2.45) is 0 Å². The SMILES string of the molecule is COc1ccc(C2/C(=C(\O)c3cc(Cl)c(OC)c(Cl)c3)C(=O)C(=O)N2c2ccc(OC(C)C)cc2)cc1. The van der Waals surface area contributed by atoms with Gasteiger partial charge < -0.3 is 19.3 Å². The maximum atomic E-state index is 13.4. The fraction of sp³-hybridized carbons (Fsp3) is 0.214. The zero-order valence-electron chi connectivity index (χ0n) is 20.6. The topological polar surface area (TPSA) is 85.3 Å². The van der Waals surface area contributed by atoms with E-state index in [1.54, 1.807) is 55.6 Å². The van der Waals surface area contributed by atoms with Gasteiger partial charge in [-0.25, -0.2) is 0 Å². The van der Waals surface area contributed by atoms with Crippen molar-refractivity contribution >= 4 is 46.3 Å². The van der Waals surface area contributed by atoms with Crippen LogP contribution in [0.15, 0.2) is 66.2 Å². The molecule has 1 saturated heterocycles. The maximum absolute atomic E-state index is 13.4. The molecule has 7 nitrogen and oxygen atoms in total. The van der Waals surface area contributed by atoms with Crippen molar-refractivity contribution in [2.45, 2.75) is 26.0 Å². The highest BCUT2D eigenvalue weighted by Crippen LogP contribution is 2.44. The average Bonchev–Trinajstić information content (AvgIpc) is 3.14. The molecule has 0 saturated carbocycles. The summed E-state index contributed by atoms with van der Waals surface area (Å²) >= 11 is 12.6. The Morgan fingerprint density at radius 2 is 1.46 bits per heavy atom. The van der Waals surface area contributed by atoms with Crippen molar-refractivity contribution < 1.29 is 28.9 Å². The van der Waals surface area contributed by atoms with Gasteiger partial charge in [0.25, 0.3) is 11.7 Å². The van der Waals surface area contributed by atoms with E-state index in [0.717, 1.165) is 0 Å². The van der Waals surface area contributed by atoms with E-state index >= 15 is 0 Å². The minimum absolute atomic E-state index is 0.0254. The third kappa shape index (κ3) is 5.10. The van der Waals surface area contributed by atoms with Crippen LogP contribution in [0.5, 0.6) is 17.2 Å². The molecule has 1 aliphatic heterocycles. The summed E-state index contributed by atoms with van der Waals surface area (Å²) in [6.45, 7) is 3.82. The van der Waals surface area contributed by atoms with Gasteiger partial charge in [-0.3, -0.25) is 14.5 Å². The molecule has 0 radical (unpaired) electrons. The second-order valence-electron chi connectivity index (χ2n) is 8.58. The van der Waals surface area contributed by atoms with Gasteiger partial charge in [0, 0.05) is 11.3 Å². The van der Waals surface area contributed by atoms with Crippen molar-refractivity contribution in [3.63, 3.8) is 0 Å². The largest absolute Gasteiger partial charge is 0.507 e. The summed E-state index contributed by atoms with van der Waals surface area (Å²) < 4.78 is 16.1. The first kappa shape index (κ1) is 26.4. The average molecular weight is 542 g/mol. The first-order valence-corrected chi connectivity index (χ1v) is 12.2. The number of anilines is 1. The molecule has 3 aromatic rings. The Bertz CT molecular complexity index is 1340. The molecule has 1 N–H and O–H groups in total. The quantitative estimate of drug-likeness (QED) is 0.211. The molecule has 1 fully saturated rings. The number of rotatable bonds is 7. The molecule has 1 unspecified atom stereocenters. The molecule has 0 bridgehead atoms. The summed E-state index contributed by atoms with van der Waals surface area (Å²) in [7, 11) is 2.96. The molecule has 4 rings (SSSR count). The van der Waals surface area contributed by atoms with Crippen LogP contribution >= 0.6 is 23.2 Å². The Morgan fingerprint density at radius 3 is 1.97 bits per heavy atom. The van der Waals surface area contributed by atoms with E-state index in [9.17, 15) is 14.7 Å². The summed E-state index contributed by atoms with van der Waals surface area (Å²) in [4.78, 5) is 28.1. The van der Waals surface area contributed by atoms with E-state index in [1.165, 1.54) is 24.1 Å². The van der Waals surface area contributed by atoms with Gasteiger partial charge in [0.05, 0.1) is 42.0 Å². The third-order valence-corrected chi connectivity index (χ3v) is 6.40. The molecule has 3 aromatic carbocycles. The van der Waals surface area contributed by atoms with Crippen LogP contribution in [0.2, 0.25) is 10.0 Å². The van der Waals surface area contributed by atoms with E-state index in [0.29, 0.717) is 22.7 Å². The highest BCUT2D eigenvalue weighted by Gasteiger charge is 2.47. The van der Waals surface area contributed by atoms with Crippen molar-refractivity contribution in [3.8, 4) is 17.2 Å². The zero-order valence-corrected chi connectivity index (χ0v) is 22.1. The molecular formula is C28H25Cl2NO6. The van der Waals surface area contributed by atoms with E-state index in [-0.39, 0.29) is 33.0 Å². The van der Waals surface area contributed by atoms with Crippen LogP contribution in [0.1, 0.15) is 31.0 Å². The van der Waals surface area contributed by atoms with Crippen molar-refractivity contribution in [1.82, 2.24) is 0 Å². The minimum Gasteiger partial charge on any atom is -0.507 e. The maximum Gasteiger partial charge on any atom is 0.300 e. The third-order valence-electron chi connectivity index (χ3n) is 5.84. The first-order chi connectivity index (χ1) is 17.7. The lowest BCUT2D eigenvalue weighted by Gasteiger charge is -2.26. The number of carbonyl (C=O) groups excluding carboxylic acids is 2. The van der Waals surface area contributed by atoms with Crippen molar-refractivity contribution in [1.29, 1.82) is 0 Å². The van der Waals surface area contributed by atoms with Crippen LogP contribution < -0.4 is 19.1 Å². The van der Waals surface area contributed by atoms with E-state index < -0.39 is 23.5 Å². The number of ketones is 1. The summed E-state index contributed by atoms with van der Waals surface area (Å²) in [5.41, 5.74) is 1.13. The van der Waals surface area contributed by atoms with Gasteiger partial charge in [0.2, 0.25) is 0 Å². The second kappa shape index (κ2) is 10.7. The number of aliphatic hydroxyl groups is 1. The van der Waals surface area contributed by atoms with Crippen LogP contribution in [-0.4, -0.2) is 37.1 Å². The monoisotopic (exact) mass is 541 g/mol. The fourth-order valence-electron chi connectivity index (χ4n) is 4.21. The lowest BCUT2D eigenvalue weighted by molar-refractivity contribution is -0.132. The predicted octanol–water partition coefficient (Wildman–Crippen LogP) is 6.42. The molecule has 0 aromatic heterocycles. The van der Waals surface area contributed by atoms with Gasteiger partial charge in [-0.15, -0.1) is 0 Å². The zero-order chi connectivity index (χ0) is 26.9. The number of Topliss-reactive ketones (excluding diaryl/α,β-unsaturated/α-hetero) is 1. The molecule has 1 amide bonds. The number of hydrogen-bond acceptors (Lipinski definition) is 6. The van der Waals surface area contributed by atoms with E-state index in [4.69, 9.17) is 37.4 Å². The lowest BCUT2D eigenvalue weighted by atomic mass is 9.95. The Labute approximate surface area is 224 Å². The Morgan fingerprint density at radius 1 is 0.892 bits per heavy atom. The molecule has 0 spiro atoms. The minimum atomic E-state index is -0.928. The molecule has 1 atom stereocenters. The van der Waals surface area contributed by atoms with Crippen molar-refractivity contribution in [2.75, 3.05) is 19.1 Å². The summed E-state index contributed by atoms with van der Waals surface area (Å²) in [5.74, 6) is -0.582. The van der Waals surface area contributed by atoms with E-state index in [1.807, 2.05) is 13.8 Å². The molecule has 1 aliphatic rings. The lowest BCUT2D eigenvalue weighted by Crippen LogP contribution is -2.29. The highest BCUT2D eigenvalue weighted by molar-refractivity contribution is 6.51. The standard InChI is InChI=1S/C28H25Cl2NO6/c1-15(2)37-20-11-7-18(8-12-20)31-24(16-5-9-19(35-3)10-6-16)23(26(33)28(31)34)25(32)17-13-21(29)27(36-4)22(30)14-17/h5-15,24,32H,1-4H3/b25-23+. The Kier molecular flexibility index (Phi) is 7.66. The Balaban J connectivity index is 1.89. The molecule has 9 heteroatoms. The van der Waals surface area contributed by atoms with Crippen molar-refractivity contribution in [3.05, 3.63) is 87.4 Å². The van der Waals surface area contributed by atoms with Gasteiger partial charge in [-0.1, -0.05) is 35.3 Å². The molecule has 1 heterocycles. The normalized spacial score (nSPS) is 16.8. The number of benzene rings is 3. The van der Waals surface area contributed by atoms with Gasteiger partial charge in [-0.2, -0.15) is 0 Å². The molecule has 37 heavy (non-hydrogen) atoms. The number of nitrogens with zero attached hydrogens (tertiary/aromatic N) is 1. The molecule has 0 aliphatic carbocycles. The predicted molar refractivity (Wildman–Crippen MR) is 143 cm³/mol. The van der Waals surface area contributed by atoms with Gasteiger partial charge >= 0.3 is 0 Å². The molecule has 192 valence electrons. The number of ether oxygens (including phenoxy) is 3. The summed E-state index contributed by atoms with van der Waals surface area (Å²) in [6, 6.07) is 15.7.